The van der Waals surface area contributed by atoms with Gasteiger partial charge in [0.1, 0.15) is 0 Å². The Kier molecular flexibility index (Phi) is 7.20. The van der Waals surface area contributed by atoms with Gasteiger partial charge in [0, 0.05) is 18.7 Å². The number of carbonyl (C=O) groups excluding carboxylic acids is 2. The lowest BCUT2D eigenvalue weighted by molar-refractivity contribution is -0.139. The Bertz CT molecular complexity index is 264. The van der Waals surface area contributed by atoms with E-state index in [0.29, 0.717) is 25.3 Å². The predicted molar refractivity (Wildman–Crippen MR) is 62.0 cm³/mol. The minimum Gasteiger partial charge on any atom is -0.463 e. The first kappa shape index (κ1) is 14.6. The number of ether oxygens (including phenoxy) is 1. The van der Waals surface area contributed by atoms with Crippen LogP contribution in [0.5, 0.6) is 0 Å². The lowest BCUT2D eigenvalue weighted by atomic mass is 10.3. The van der Waals surface area contributed by atoms with Crippen LogP contribution in [0.3, 0.4) is 0 Å². The molecule has 0 saturated heterocycles. The van der Waals surface area contributed by atoms with Gasteiger partial charge in [-0.2, -0.15) is 0 Å². The van der Waals surface area contributed by atoms with E-state index in [1.165, 1.54) is 0 Å². The SMILES string of the molecule is C=C(CN(C)CC(=O)NCC)C(=O)OCC. The smallest absolute Gasteiger partial charge is 0.334 e. The maximum Gasteiger partial charge on any atom is 0.334 e. The third kappa shape index (κ3) is 6.19. The maximum atomic E-state index is 11.2. The van der Waals surface area contributed by atoms with Gasteiger partial charge in [0.15, 0.2) is 0 Å². The molecule has 0 radical (unpaired) electrons. The first-order valence-corrected chi connectivity index (χ1v) is 5.31. The van der Waals surface area contributed by atoms with Crippen molar-refractivity contribution in [1.82, 2.24) is 10.2 Å². The second kappa shape index (κ2) is 7.87. The van der Waals surface area contributed by atoms with E-state index in [1.54, 1.807) is 18.9 Å². The van der Waals surface area contributed by atoms with Crippen LogP contribution in [0.25, 0.3) is 0 Å². The third-order valence-electron chi connectivity index (χ3n) is 1.81. The van der Waals surface area contributed by atoms with Crippen molar-refractivity contribution in [1.29, 1.82) is 0 Å². The third-order valence-corrected chi connectivity index (χ3v) is 1.81. The molecule has 0 fully saturated rings. The molecular weight excluding hydrogens is 208 g/mol. The van der Waals surface area contributed by atoms with E-state index in [1.807, 2.05) is 6.92 Å². The van der Waals surface area contributed by atoms with Crippen LogP contribution in [-0.2, 0) is 14.3 Å². The largest absolute Gasteiger partial charge is 0.463 e. The second-order valence-electron chi connectivity index (χ2n) is 3.45. The molecular formula is C11H20N2O3. The standard InChI is InChI=1S/C11H20N2O3/c1-5-12-10(14)8-13(4)7-9(3)11(15)16-6-2/h3,5-8H2,1-2,4H3,(H,12,14). The van der Waals surface area contributed by atoms with Gasteiger partial charge in [0.05, 0.1) is 13.2 Å². The molecule has 5 nitrogen and oxygen atoms in total. The summed E-state index contributed by atoms with van der Waals surface area (Å²) >= 11 is 0. The van der Waals surface area contributed by atoms with Gasteiger partial charge in [-0.05, 0) is 20.9 Å². The van der Waals surface area contributed by atoms with Gasteiger partial charge in [-0.3, -0.25) is 9.69 Å². The number of nitrogens with one attached hydrogen (secondary N) is 1. The molecule has 0 aromatic carbocycles. The summed E-state index contributed by atoms with van der Waals surface area (Å²) in [6, 6.07) is 0. The molecule has 0 aliphatic carbocycles. The molecule has 0 aliphatic rings. The second-order valence-corrected chi connectivity index (χ2v) is 3.45. The molecule has 0 aromatic rings. The number of amides is 1. The monoisotopic (exact) mass is 228 g/mol. The summed E-state index contributed by atoms with van der Waals surface area (Å²) in [5.41, 5.74) is 0.355. The highest BCUT2D eigenvalue weighted by Crippen LogP contribution is 1.97. The van der Waals surface area contributed by atoms with Crippen LogP contribution in [0.15, 0.2) is 12.2 Å². The molecule has 1 amide bonds. The fraction of sp³-hybridized carbons (Fsp3) is 0.636. The highest BCUT2D eigenvalue weighted by molar-refractivity contribution is 5.88. The Morgan fingerprint density at radius 2 is 1.94 bits per heavy atom. The number of likely N-dealkylation sites (N-methyl/N-ethyl adjacent to an activating group) is 2. The normalized spacial score (nSPS) is 10.0. The molecule has 1 N–H and O–H groups in total. The van der Waals surface area contributed by atoms with Crippen molar-refractivity contribution in [3.05, 3.63) is 12.2 Å². The fourth-order valence-electron chi connectivity index (χ4n) is 1.18. The lowest BCUT2D eigenvalue weighted by Crippen LogP contribution is -2.36. The number of hydrogen-bond acceptors (Lipinski definition) is 4. The Morgan fingerprint density at radius 3 is 2.44 bits per heavy atom. The van der Waals surface area contributed by atoms with Crippen LogP contribution in [0.4, 0.5) is 0 Å². The Hall–Kier alpha value is -1.36. The van der Waals surface area contributed by atoms with E-state index in [9.17, 15) is 9.59 Å². The summed E-state index contributed by atoms with van der Waals surface area (Å²) in [5.74, 6) is -0.480. The molecule has 5 heteroatoms. The summed E-state index contributed by atoms with van der Waals surface area (Å²) in [5, 5.41) is 2.68. The zero-order valence-corrected chi connectivity index (χ0v) is 10.2. The minimum absolute atomic E-state index is 0.0679. The van der Waals surface area contributed by atoms with Crippen molar-refractivity contribution in [2.24, 2.45) is 0 Å². The molecule has 0 bridgehead atoms. The zero-order chi connectivity index (χ0) is 12.6. The topological polar surface area (TPSA) is 58.6 Å². The number of esters is 1. The van der Waals surface area contributed by atoms with Crippen LogP contribution in [0.2, 0.25) is 0 Å². The summed E-state index contributed by atoms with van der Waals surface area (Å²) in [6.45, 7) is 8.72. The van der Waals surface area contributed by atoms with Gasteiger partial charge in [0.25, 0.3) is 0 Å². The van der Waals surface area contributed by atoms with Gasteiger partial charge in [0.2, 0.25) is 5.91 Å². The van der Waals surface area contributed by atoms with Gasteiger partial charge >= 0.3 is 5.97 Å². The zero-order valence-electron chi connectivity index (χ0n) is 10.2. The summed E-state index contributed by atoms with van der Waals surface area (Å²) < 4.78 is 4.79. The first-order valence-electron chi connectivity index (χ1n) is 5.31. The average molecular weight is 228 g/mol. The number of hydrogen-bond donors (Lipinski definition) is 1. The molecule has 0 saturated carbocycles. The molecule has 0 aliphatic heterocycles. The van der Waals surface area contributed by atoms with Crippen molar-refractivity contribution in [2.45, 2.75) is 13.8 Å². The van der Waals surface area contributed by atoms with Crippen molar-refractivity contribution in [3.63, 3.8) is 0 Å². The predicted octanol–water partition coefficient (Wildman–Crippen LogP) is 0.174. The van der Waals surface area contributed by atoms with Gasteiger partial charge in [-0.25, -0.2) is 4.79 Å². The average Bonchev–Trinajstić information content (AvgIpc) is 2.17. The van der Waals surface area contributed by atoms with E-state index in [0.717, 1.165) is 0 Å². The number of rotatable bonds is 7. The molecule has 16 heavy (non-hydrogen) atoms. The molecule has 0 atom stereocenters. The molecule has 0 aromatic heterocycles. The quantitative estimate of drug-likeness (QED) is 0.498. The molecule has 0 rings (SSSR count). The van der Waals surface area contributed by atoms with Gasteiger partial charge in [-0.15, -0.1) is 0 Å². The van der Waals surface area contributed by atoms with E-state index in [-0.39, 0.29) is 12.5 Å². The highest BCUT2D eigenvalue weighted by Gasteiger charge is 2.12. The van der Waals surface area contributed by atoms with Gasteiger partial charge < -0.3 is 10.1 Å². The molecule has 0 heterocycles. The number of carbonyl (C=O) groups is 2. The Labute approximate surface area is 96.4 Å². The van der Waals surface area contributed by atoms with Crippen molar-refractivity contribution >= 4 is 11.9 Å². The van der Waals surface area contributed by atoms with E-state index in [4.69, 9.17) is 4.74 Å². The van der Waals surface area contributed by atoms with E-state index < -0.39 is 5.97 Å². The van der Waals surface area contributed by atoms with E-state index in [2.05, 4.69) is 11.9 Å². The lowest BCUT2D eigenvalue weighted by Gasteiger charge is -2.16. The number of nitrogens with zero attached hydrogens (tertiary/aromatic N) is 1. The van der Waals surface area contributed by atoms with E-state index >= 15 is 0 Å². The van der Waals surface area contributed by atoms with Crippen LogP contribution in [0.1, 0.15) is 13.8 Å². The molecule has 0 spiro atoms. The summed E-state index contributed by atoms with van der Waals surface area (Å²) in [6.07, 6.45) is 0. The van der Waals surface area contributed by atoms with Crippen LogP contribution in [-0.4, -0.2) is 50.1 Å². The first-order chi connectivity index (χ1) is 7.51. The van der Waals surface area contributed by atoms with Crippen molar-refractivity contribution < 1.29 is 14.3 Å². The Morgan fingerprint density at radius 1 is 1.31 bits per heavy atom. The maximum absolute atomic E-state index is 11.2. The van der Waals surface area contributed by atoms with Gasteiger partial charge in [-0.1, -0.05) is 6.58 Å². The summed E-state index contributed by atoms with van der Waals surface area (Å²) in [4.78, 5) is 24.2. The molecule has 0 unspecified atom stereocenters. The van der Waals surface area contributed by atoms with Crippen LogP contribution in [0, 0.1) is 0 Å². The summed E-state index contributed by atoms with van der Waals surface area (Å²) in [7, 11) is 1.75. The molecule has 92 valence electrons. The Balaban J connectivity index is 3.95. The van der Waals surface area contributed by atoms with Crippen LogP contribution >= 0.6 is 0 Å². The minimum atomic E-state index is -0.412. The van der Waals surface area contributed by atoms with Crippen molar-refractivity contribution in [2.75, 3.05) is 33.3 Å². The fourth-order valence-corrected chi connectivity index (χ4v) is 1.18. The van der Waals surface area contributed by atoms with Crippen LogP contribution < -0.4 is 5.32 Å². The van der Waals surface area contributed by atoms with Crippen molar-refractivity contribution in [3.8, 4) is 0 Å². The highest BCUT2D eigenvalue weighted by atomic mass is 16.5.